The largest absolute Gasteiger partial charge is 0.489 e. The Labute approximate surface area is 166 Å². The van der Waals surface area contributed by atoms with Gasteiger partial charge in [0.15, 0.2) is 5.75 Å². The number of anilines is 1. The summed E-state index contributed by atoms with van der Waals surface area (Å²) in [7, 11) is 0. The van der Waals surface area contributed by atoms with Gasteiger partial charge in [-0.2, -0.15) is 0 Å². The molecule has 0 spiro atoms. The molecule has 0 saturated heterocycles. The van der Waals surface area contributed by atoms with E-state index < -0.39 is 28.2 Å². The molecular formula is C21H21NO7. The van der Waals surface area contributed by atoms with Gasteiger partial charge in [-0.3, -0.25) is 14.4 Å². The van der Waals surface area contributed by atoms with Crippen molar-refractivity contribution >= 4 is 23.7 Å². The Balaban J connectivity index is 2.17. The van der Waals surface area contributed by atoms with Crippen LogP contribution in [0.5, 0.6) is 5.75 Å². The average molecular weight is 399 g/mol. The maximum absolute atomic E-state index is 12.1. The number of carboxylic acid groups (broad SMARTS) is 2. The number of aliphatic carboxylic acids is 1. The molecule has 0 aliphatic carbocycles. The summed E-state index contributed by atoms with van der Waals surface area (Å²) in [6.45, 7) is 5.78. The zero-order valence-electron chi connectivity index (χ0n) is 16.3. The van der Waals surface area contributed by atoms with Gasteiger partial charge in [0.2, 0.25) is 5.43 Å². The van der Waals surface area contributed by atoms with Crippen molar-refractivity contribution < 1.29 is 24.5 Å². The highest BCUT2D eigenvalue weighted by molar-refractivity contribution is 5.90. The first-order valence-electron chi connectivity index (χ1n) is 9.15. The number of hydrogen-bond donors (Lipinski definition) is 2. The van der Waals surface area contributed by atoms with Crippen LogP contribution in [0.3, 0.4) is 0 Å². The summed E-state index contributed by atoms with van der Waals surface area (Å²) in [4.78, 5) is 48.2. The SMILES string of the molecule is CCOc1c(/C=C2/N(CCC(=O)O)c3ccc(C(=O)O)cc3C2(C)C)c(=O)c1=O. The first-order chi connectivity index (χ1) is 13.6. The van der Waals surface area contributed by atoms with Crippen LogP contribution in [-0.2, 0) is 10.2 Å². The zero-order valence-corrected chi connectivity index (χ0v) is 16.3. The molecule has 0 aromatic heterocycles. The van der Waals surface area contributed by atoms with Crippen LogP contribution < -0.4 is 20.5 Å². The first-order valence-corrected chi connectivity index (χ1v) is 9.15. The van der Waals surface area contributed by atoms with Crippen molar-refractivity contribution in [1.82, 2.24) is 0 Å². The maximum atomic E-state index is 12.1. The molecule has 0 atom stereocenters. The lowest BCUT2D eigenvalue weighted by Gasteiger charge is -2.27. The molecule has 8 heteroatoms. The highest BCUT2D eigenvalue weighted by atomic mass is 16.5. The molecule has 29 heavy (non-hydrogen) atoms. The number of benzene rings is 1. The lowest BCUT2D eigenvalue weighted by molar-refractivity contribution is -0.136. The maximum Gasteiger partial charge on any atom is 0.335 e. The number of rotatable bonds is 7. The molecule has 0 radical (unpaired) electrons. The van der Waals surface area contributed by atoms with Gasteiger partial charge in [0.25, 0.3) is 5.43 Å². The van der Waals surface area contributed by atoms with E-state index >= 15 is 0 Å². The number of nitrogens with zero attached hydrogens (tertiary/aromatic N) is 1. The lowest BCUT2D eigenvalue weighted by Crippen LogP contribution is -2.36. The van der Waals surface area contributed by atoms with Gasteiger partial charge in [0, 0.05) is 23.3 Å². The molecule has 1 heterocycles. The fourth-order valence-corrected chi connectivity index (χ4v) is 3.66. The third-order valence-electron chi connectivity index (χ3n) is 5.16. The third-order valence-corrected chi connectivity index (χ3v) is 5.16. The van der Waals surface area contributed by atoms with Gasteiger partial charge < -0.3 is 19.8 Å². The number of hydrogen-bond acceptors (Lipinski definition) is 6. The highest BCUT2D eigenvalue weighted by Crippen LogP contribution is 2.49. The van der Waals surface area contributed by atoms with E-state index in [1.807, 2.05) is 13.8 Å². The van der Waals surface area contributed by atoms with Crippen molar-refractivity contribution in [2.24, 2.45) is 0 Å². The Morgan fingerprint density at radius 2 is 1.86 bits per heavy atom. The van der Waals surface area contributed by atoms with E-state index in [1.54, 1.807) is 30.0 Å². The first kappa shape index (κ1) is 20.3. The molecular weight excluding hydrogens is 378 g/mol. The van der Waals surface area contributed by atoms with Crippen LogP contribution in [0.2, 0.25) is 0 Å². The molecule has 0 bridgehead atoms. The number of carbonyl (C=O) groups is 2. The fourth-order valence-electron chi connectivity index (χ4n) is 3.66. The fraction of sp³-hybridized carbons (Fsp3) is 0.333. The summed E-state index contributed by atoms with van der Waals surface area (Å²) in [6.07, 6.45) is 1.40. The quantitative estimate of drug-likeness (QED) is 0.678. The molecule has 3 rings (SSSR count). The minimum absolute atomic E-state index is 0.00108. The van der Waals surface area contributed by atoms with Gasteiger partial charge in [-0.15, -0.1) is 0 Å². The van der Waals surface area contributed by atoms with E-state index in [-0.39, 0.29) is 36.4 Å². The summed E-state index contributed by atoms with van der Waals surface area (Å²) in [6, 6.07) is 4.64. The highest BCUT2D eigenvalue weighted by Gasteiger charge is 2.41. The smallest absolute Gasteiger partial charge is 0.335 e. The minimum atomic E-state index is -1.07. The van der Waals surface area contributed by atoms with Crippen molar-refractivity contribution in [2.45, 2.75) is 32.6 Å². The van der Waals surface area contributed by atoms with Crippen LogP contribution in [-0.4, -0.2) is 35.3 Å². The molecule has 1 aliphatic heterocycles. The Morgan fingerprint density at radius 1 is 1.17 bits per heavy atom. The Bertz CT molecular complexity index is 1100. The molecule has 0 fully saturated rings. The number of allylic oxidation sites excluding steroid dienone is 1. The van der Waals surface area contributed by atoms with Gasteiger partial charge in [-0.25, -0.2) is 4.79 Å². The summed E-state index contributed by atoms with van der Waals surface area (Å²) in [5.41, 5.74) is 0.170. The predicted octanol–water partition coefficient (Wildman–Crippen LogP) is 1.99. The van der Waals surface area contributed by atoms with Crippen molar-refractivity contribution in [3.05, 3.63) is 61.0 Å². The van der Waals surface area contributed by atoms with E-state index in [9.17, 15) is 24.3 Å². The second-order valence-corrected chi connectivity index (χ2v) is 7.32. The van der Waals surface area contributed by atoms with Crippen LogP contribution in [0.25, 0.3) is 6.08 Å². The average Bonchev–Trinajstić information content (AvgIpc) is 2.88. The topological polar surface area (TPSA) is 121 Å². The van der Waals surface area contributed by atoms with Crippen LogP contribution in [0, 0.1) is 0 Å². The number of fused-ring (bicyclic) bond motifs is 1. The molecule has 2 aromatic rings. The van der Waals surface area contributed by atoms with Crippen LogP contribution >= 0.6 is 0 Å². The molecule has 152 valence electrons. The molecule has 0 saturated carbocycles. The summed E-state index contributed by atoms with van der Waals surface area (Å²) in [5.74, 6) is -2.05. The normalized spacial score (nSPS) is 16.2. The molecule has 0 unspecified atom stereocenters. The summed E-state index contributed by atoms with van der Waals surface area (Å²) in [5, 5.41) is 18.5. The molecule has 2 N–H and O–H groups in total. The Morgan fingerprint density at radius 3 is 2.45 bits per heavy atom. The predicted molar refractivity (Wildman–Crippen MR) is 107 cm³/mol. The van der Waals surface area contributed by atoms with Gasteiger partial charge in [-0.1, -0.05) is 13.8 Å². The van der Waals surface area contributed by atoms with Crippen LogP contribution in [0.15, 0.2) is 33.5 Å². The van der Waals surface area contributed by atoms with E-state index in [2.05, 4.69) is 0 Å². The molecule has 1 aliphatic rings. The van der Waals surface area contributed by atoms with E-state index in [4.69, 9.17) is 9.84 Å². The van der Waals surface area contributed by atoms with Gasteiger partial charge in [0.1, 0.15) is 0 Å². The van der Waals surface area contributed by atoms with Gasteiger partial charge in [-0.05, 0) is 36.8 Å². The van der Waals surface area contributed by atoms with Crippen molar-refractivity contribution in [1.29, 1.82) is 0 Å². The second-order valence-electron chi connectivity index (χ2n) is 7.32. The van der Waals surface area contributed by atoms with Crippen LogP contribution in [0.4, 0.5) is 5.69 Å². The minimum Gasteiger partial charge on any atom is -0.489 e. The number of carboxylic acids is 2. The van der Waals surface area contributed by atoms with Crippen molar-refractivity contribution in [2.75, 3.05) is 18.1 Å². The second kappa shape index (κ2) is 7.20. The van der Waals surface area contributed by atoms with Gasteiger partial charge >= 0.3 is 11.9 Å². The number of aromatic carboxylic acids is 1. The van der Waals surface area contributed by atoms with E-state index in [1.165, 1.54) is 6.07 Å². The molecule has 8 nitrogen and oxygen atoms in total. The standard InChI is InChI=1S/C21H21NO7/c1-4-29-19-12(17(25)18(19)26)10-15-21(2,3)13-9-11(20(27)28)5-6-14(13)22(15)8-7-16(23)24/h5-6,9-10H,4,7-8H2,1-3H3,(H,23,24)(H,27,28)/b15-10+. The molecule has 0 amide bonds. The molecule has 2 aromatic carbocycles. The van der Waals surface area contributed by atoms with Crippen molar-refractivity contribution in [3.63, 3.8) is 0 Å². The Hall–Kier alpha value is -3.42. The number of ether oxygens (including phenoxy) is 1. The van der Waals surface area contributed by atoms with Crippen LogP contribution in [0.1, 0.15) is 48.7 Å². The lowest BCUT2D eigenvalue weighted by atomic mass is 9.82. The Kier molecular flexibility index (Phi) is 5.04. The summed E-state index contributed by atoms with van der Waals surface area (Å²) < 4.78 is 5.29. The van der Waals surface area contributed by atoms with Crippen molar-refractivity contribution in [3.8, 4) is 5.75 Å². The van der Waals surface area contributed by atoms with E-state index in [0.29, 0.717) is 16.9 Å². The third kappa shape index (κ3) is 3.30. The van der Waals surface area contributed by atoms with E-state index in [0.717, 1.165) is 0 Å². The van der Waals surface area contributed by atoms with Gasteiger partial charge in [0.05, 0.1) is 24.2 Å². The monoisotopic (exact) mass is 399 g/mol. The summed E-state index contributed by atoms with van der Waals surface area (Å²) >= 11 is 0. The zero-order chi connectivity index (χ0) is 21.5.